The highest BCUT2D eigenvalue weighted by atomic mass is 32.2. The Hall–Kier alpha value is -3.13. The van der Waals surface area contributed by atoms with Crippen molar-refractivity contribution in [2.45, 2.75) is 64.8 Å². The zero-order valence-corrected chi connectivity index (χ0v) is 22.1. The zero-order valence-electron chi connectivity index (χ0n) is 21.3. The minimum Gasteiger partial charge on any atom is -0.449 e. The molecule has 0 spiro atoms. The first kappa shape index (κ1) is 26.5. The van der Waals surface area contributed by atoms with Crippen LogP contribution in [0.2, 0.25) is 0 Å². The fourth-order valence-corrected chi connectivity index (χ4v) is 5.13. The van der Waals surface area contributed by atoms with Gasteiger partial charge >= 0.3 is 6.09 Å². The lowest BCUT2D eigenvalue weighted by Gasteiger charge is -2.20. The number of sulfonamides is 1. The highest BCUT2D eigenvalue weighted by molar-refractivity contribution is 7.90. The molecule has 8 heteroatoms. The fraction of sp³-hybridized carbons (Fsp3) is 0.407. The Kier molecular flexibility index (Phi) is 8.05. The van der Waals surface area contributed by atoms with Crippen LogP contribution in [-0.2, 0) is 33.1 Å². The van der Waals surface area contributed by atoms with Crippen molar-refractivity contribution < 1.29 is 17.9 Å². The van der Waals surface area contributed by atoms with E-state index in [0.717, 1.165) is 28.9 Å². The zero-order chi connectivity index (χ0) is 25.8. The highest BCUT2D eigenvalue weighted by Crippen LogP contribution is 2.30. The average molecular weight is 498 g/mol. The van der Waals surface area contributed by atoms with Crippen LogP contribution < -0.4 is 4.72 Å². The number of aromatic nitrogens is 2. The third-order valence-electron chi connectivity index (χ3n) is 5.47. The summed E-state index contributed by atoms with van der Waals surface area (Å²) in [4.78, 5) is 16.4. The molecular weight excluding hydrogens is 462 g/mol. The molecule has 7 nitrogen and oxygen atoms in total. The molecule has 0 fully saturated rings. The van der Waals surface area contributed by atoms with Crippen molar-refractivity contribution in [1.29, 1.82) is 0 Å². The maximum Gasteiger partial charge on any atom is 0.421 e. The number of carbonyl (C=O) groups is 1. The van der Waals surface area contributed by atoms with E-state index in [0.29, 0.717) is 18.0 Å². The molecule has 0 radical (unpaired) electrons. The van der Waals surface area contributed by atoms with Crippen molar-refractivity contribution in [2.75, 3.05) is 6.61 Å². The lowest BCUT2D eigenvalue weighted by Crippen LogP contribution is -2.31. The Morgan fingerprint density at radius 2 is 1.74 bits per heavy atom. The monoisotopic (exact) mass is 497 g/mol. The van der Waals surface area contributed by atoms with E-state index >= 15 is 0 Å². The molecule has 2 aromatic carbocycles. The van der Waals surface area contributed by atoms with Crippen molar-refractivity contribution >= 4 is 16.1 Å². The largest absolute Gasteiger partial charge is 0.449 e. The molecular formula is C27H35N3O4S. The number of hydrogen-bond acceptors (Lipinski definition) is 5. The standard InChI is InChI=1S/C27H35N3O4S/c1-7-34-26(31)29-35(32,33)24-13-10-21(16-19(2)3)17-23(24)22-11-8-20(9-12-22)18-30-15-14-28-25(30)27(4,5)6/h8-15,17,19H,7,16,18H2,1-6H3,(H,29,31). The molecule has 1 N–H and O–H groups in total. The molecule has 0 unspecified atom stereocenters. The quantitative estimate of drug-likeness (QED) is 0.442. The van der Waals surface area contributed by atoms with Gasteiger partial charge in [-0.25, -0.2) is 22.9 Å². The van der Waals surface area contributed by atoms with Gasteiger partial charge in [0.1, 0.15) is 5.82 Å². The van der Waals surface area contributed by atoms with Crippen LogP contribution in [0.15, 0.2) is 59.8 Å². The lowest BCUT2D eigenvalue weighted by atomic mass is 9.95. The van der Waals surface area contributed by atoms with Gasteiger partial charge in [0.05, 0.1) is 11.5 Å². The lowest BCUT2D eigenvalue weighted by molar-refractivity contribution is 0.158. The first-order chi connectivity index (χ1) is 16.4. The van der Waals surface area contributed by atoms with Crippen LogP contribution in [0.1, 0.15) is 58.5 Å². The van der Waals surface area contributed by atoms with E-state index in [1.54, 1.807) is 19.1 Å². The Labute approximate surface area is 208 Å². The Bertz CT molecular complexity index is 1270. The van der Waals surface area contributed by atoms with Gasteiger partial charge in [-0.3, -0.25) is 0 Å². The number of rotatable bonds is 8. The summed E-state index contributed by atoms with van der Waals surface area (Å²) in [5.41, 5.74) is 3.33. The Balaban J connectivity index is 1.98. The van der Waals surface area contributed by atoms with Gasteiger partial charge in [0.2, 0.25) is 0 Å². The summed E-state index contributed by atoms with van der Waals surface area (Å²) in [5.74, 6) is 1.42. The number of ether oxygens (including phenoxy) is 1. The second kappa shape index (κ2) is 10.6. The third kappa shape index (κ3) is 6.72. The number of imidazole rings is 1. The molecule has 0 aliphatic carbocycles. The van der Waals surface area contributed by atoms with Gasteiger partial charge in [0.15, 0.2) is 0 Å². The first-order valence-electron chi connectivity index (χ1n) is 11.8. The van der Waals surface area contributed by atoms with Crippen LogP contribution in [0.3, 0.4) is 0 Å². The number of carbonyl (C=O) groups excluding carboxylic acids is 1. The van der Waals surface area contributed by atoms with Crippen LogP contribution in [-0.4, -0.2) is 30.7 Å². The van der Waals surface area contributed by atoms with Crippen molar-refractivity contribution in [3.63, 3.8) is 0 Å². The van der Waals surface area contributed by atoms with E-state index in [1.807, 2.05) is 47.4 Å². The first-order valence-corrected chi connectivity index (χ1v) is 13.3. The van der Waals surface area contributed by atoms with Gasteiger partial charge in [-0.2, -0.15) is 0 Å². The van der Waals surface area contributed by atoms with Crippen molar-refractivity contribution in [3.8, 4) is 11.1 Å². The van der Waals surface area contributed by atoms with Crippen molar-refractivity contribution in [2.24, 2.45) is 5.92 Å². The summed E-state index contributed by atoms with van der Waals surface area (Å²) in [6, 6.07) is 13.1. The maximum absolute atomic E-state index is 13.0. The van der Waals surface area contributed by atoms with E-state index in [1.165, 1.54) is 0 Å². The molecule has 0 aliphatic heterocycles. The van der Waals surface area contributed by atoms with E-state index < -0.39 is 16.1 Å². The molecule has 3 rings (SSSR count). The minimum atomic E-state index is -4.12. The summed E-state index contributed by atoms with van der Waals surface area (Å²) < 4.78 is 35.0. The van der Waals surface area contributed by atoms with E-state index in [4.69, 9.17) is 4.74 Å². The summed E-state index contributed by atoms with van der Waals surface area (Å²) in [7, 11) is -4.12. The molecule has 3 aromatic rings. The normalized spacial score (nSPS) is 12.1. The summed E-state index contributed by atoms with van der Waals surface area (Å²) >= 11 is 0. The average Bonchev–Trinajstić information content (AvgIpc) is 3.22. The second-order valence-corrected chi connectivity index (χ2v) is 11.7. The molecule has 1 amide bonds. The SMILES string of the molecule is CCOC(=O)NS(=O)(=O)c1ccc(CC(C)C)cc1-c1ccc(Cn2ccnc2C(C)(C)C)cc1. The Morgan fingerprint density at radius 1 is 1.09 bits per heavy atom. The van der Waals surface area contributed by atoms with Gasteiger partial charge in [-0.15, -0.1) is 0 Å². The molecule has 0 saturated heterocycles. The minimum absolute atomic E-state index is 0.0374. The van der Waals surface area contributed by atoms with Crippen LogP contribution in [0.5, 0.6) is 0 Å². The van der Waals surface area contributed by atoms with Gasteiger partial charge in [0.25, 0.3) is 10.0 Å². The van der Waals surface area contributed by atoms with Gasteiger partial charge in [-0.1, -0.05) is 65.0 Å². The molecule has 1 aromatic heterocycles. The van der Waals surface area contributed by atoms with Crippen LogP contribution in [0.4, 0.5) is 4.79 Å². The molecule has 35 heavy (non-hydrogen) atoms. The number of benzene rings is 2. The molecule has 0 bridgehead atoms. The van der Waals surface area contributed by atoms with Gasteiger partial charge < -0.3 is 9.30 Å². The maximum atomic E-state index is 13.0. The van der Waals surface area contributed by atoms with Gasteiger partial charge in [-0.05, 0) is 48.1 Å². The van der Waals surface area contributed by atoms with E-state index in [9.17, 15) is 13.2 Å². The topological polar surface area (TPSA) is 90.3 Å². The molecule has 188 valence electrons. The smallest absolute Gasteiger partial charge is 0.421 e. The number of nitrogens with one attached hydrogen (secondary N) is 1. The number of nitrogens with zero attached hydrogens (tertiary/aromatic N) is 2. The fourth-order valence-electron chi connectivity index (χ4n) is 4.03. The van der Waals surface area contributed by atoms with Crippen LogP contribution >= 0.6 is 0 Å². The summed E-state index contributed by atoms with van der Waals surface area (Å²) in [6.45, 7) is 13.0. The van der Waals surface area contributed by atoms with E-state index in [-0.39, 0.29) is 16.9 Å². The molecule has 0 aliphatic rings. The summed E-state index contributed by atoms with van der Waals surface area (Å²) in [6.07, 6.45) is 3.60. The predicted molar refractivity (Wildman–Crippen MR) is 138 cm³/mol. The molecule has 0 atom stereocenters. The van der Waals surface area contributed by atoms with Crippen LogP contribution in [0, 0.1) is 5.92 Å². The van der Waals surface area contributed by atoms with Crippen molar-refractivity contribution in [3.05, 3.63) is 71.8 Å². The van der Waals surface area contributed by atoms with Gasteiger partial charge in [0, 0.05) is 29.9 Å². The second-order valence-electron chi connectivity index (χ2n) is 10.1. The highest BCUT2D eigenvalue weighted by Gasteiger charge is 2.23. The molecule has 1 heterocycles. The Morgan fingerprint density at radius 3 is 2.34 bits per heavy atom. The third-order valence-corrected chi connectivity index (χ3v) is 6.85. The summed E-state index contributed by atoms with van der Waals surface area (Å²) in [5, 5.41) is 0. The van der Waals surface area contributed by atoms with E-state index in [2.05, 4.69) is 44.2 Å². The number of hydrogen-bond donors (Lipinski definition) is 1. The van der Waals surface area contributed by atoms with Crippen LogP contribution in [0.25, 0.3) is 11.1 Å². The number of amides is 1. The predicted octanol–water partition coefficient (Wildman–Crippen LogP) is 5.53. The molecule has 0 saturated carbocycles. The van der Waals surface area contributed by atoms with Crippen molar-refractivity contribution in [1.82, 2.24) is 14.3 Å².